The molecule has 19 heavy (non-hydrogen) atoms. The molecule has 0 radical (unpaired) electrons. The van der Waals surface area contributed by atoms with Crippen molar-refractivity contribution in [1.82, 2.24) is 9.80 Å². The number of hydrogen-bond donors (Lipinski definition) is 1. The number of likely N-dealkylation sites (tertiary alicyclic amines) is 1. The van der Waals surface area contributed by atoms with E-state index in [4.69, 9.17) is 5.73 Å². The van der Waals surface area contributed by atoms with Crippen molar-refractivity contribution >= 4 is 0 Å². The van der Waals surface area contributed by atoms with Crippen LogP contribution in [-0.2, 0) is 0 Å². The Hall–Kier alpha value is -0.120. The highest BCUT2D eigenvalue weighted by Gasteiger charge is 2.39. The first kappa shape index (κ1) is 16.9. The summed E-state index contributed by atoms with van der Waals surface area (Å²) in [6.07, 6.45) is 3.67. The minimum atomic E-state index is 0.248. The summed E-state index contributed by atoms with van der Waals surface area (Å²) < 4.78 is 0. The van der Waals surface area contributed by atoms with Crippen LogP contribution in [0.4, 0.5) is 0 Å². The van der Waals surface area contributed by atoms with Crippen LogP contribution in [0.3, 0.4) is 0 Å². The predicted molar refractivity (Wildman–Crippen MR) is 84.4 cm³/mol. The SMILES string of the molecule is CCC(C)N(CC)C1(CN)CCN(CC(C)C)CC1. The molecule has 1 aliphatic rings. The van der Waals surface area contributed by atoms with Crippen molar-refractivity contribution < 1.29 is 0 Å². The largest absolute Gasteiger partial charge is 0.329 e. The molecule has 1 atom stereocenters. The lowest BCUT2D eigenvalue weighted by atomic mass is 9.84. The molecule has 0 bridgehead atoms. The first-order valence-corrected chi connectivity index (χ1v) is 8.18. The van der Waals surface area contributed by atoms with Crippen LogP contribution in [0, 0.1) is 5.92 Å². The fourth-order valence-corrected chi connectivity index (χ4v) is 3.61. The van der Waals surface area contributed by atoms with Crippen molar-refractivity contribution in [2.45, 2.75) is 65.5 Å². The molecule has 0 saturated carbocycles. The zero-order valence-electron chi connectivity index (χ0n) is 13.8. The van der Waals surface area contributed by atoms with Gasteiger partial charge in [-0.2, -0.15) is 0 Å². The van der Waals surface area contributed by atoms with Crippen molar-refractivity contribution in [3.63, 3.8) is 0 Å². The number of likely N-dealkylation sites (N-methyl/N-ethyl adjacent to an activating group) is 1. The van der Waals surface area contributed by atoms with E-state index < -0.39 is 0 Å². The normalized spacial score (nSPS) is 22.1. The Balaban J connectivity index is 2.68. The smallest absolute Gasteiger partial charge is 0.0358 e. The molecule has 1 unspecified atom stereocenters. The summed E-state index contributed by atoms with van der Waals surface area (Å²) in [6, 6.07) is 0.644. The van der Waals surface area contributed by atoms with Crippen molar-refractivity contribution in [2.24, 2.45) is 11.7 Å². The molecule has 1 heterocycles. The van der Waals surface area contributed by atoms with Gasteiger partial charge in [0.15, 0.2) is 0 Å². The van der Waals surface area contributed by atoms with Crippen LogP contribution in [0.2, 0.25) is 0 Å². The molecule has 2 N–H and O–H groups in total. The number of hydrogen-bond acceptors (Lipinski definition) is 3. The predicted octanol–water partition coefficient (Wildman–Crippen LogP) is 2.56. The third kappa shape index (κ3) is 4.17. The molecule has 1 saturated heterocycles. The minimum Gasteiger partial charge on any atom is -0.329 e. The van der Waals surface area contributed by atoms with Gasteiger partial charge in [0.05, 0.1) is 0 Å². The molecule has 0 amide bonds. The van der Waals surface area contributed by atoms with E-state index in [-0.39, 0.29) is 5.54 Å². The zero-order valence-corrected chi connectivity index (χ0v) is 13.8. The Morgan fingerprint density at radius 3 is 2.11 bits per heavy atom. The zero-order chi connectivity index (χ0) is 14.5. The van der Waals surface area contributed by atoms with Crippen LogP contribution in [0.5, 0.6) is 0 Å². The van der Waals surface area contributed by atoms with Crippen molar-refractivity contribution in [2.75, 3.05) is 32.7 Å². The number of piperidine rings is 1. The van der Waals surface area contributed by atoms with Gasteiger partial charge in [-0.05, 0) is 51.7 Å². The summed E-state index contributed by atoms with van der Waals surface area (Å²) in [6.45, 7) is 17.1. The summed E-state index contributed by atoms with van der Waals surface area (Å²) in [7, 11) is 0. The van der Waals surface area contributed by atoms with Crippen LogP contribution < -0.4 is 5.73 Å². The van der Waals surface area contributed by atoms with E-state index >= 15 is 0 Å². The second kappa shape index (κ2) is 7.61. The van der Waals surface area contributed by atoms with Gasteiger partial charge in [0, 0.05) is 24.7 Å². The van der Waals surface area contributed by atoms with Crippen LogP contribution in [0.1, 0.15) is 53.9 Å². The fourth-order valence-electron chi connectivity index (χ4n) is 3.61. The maximum absolute atomic E-state index is 6.19. The standard InChI is InChI=1S/C16H35N3/c1-6-15(5)19(7-2)16(13-17)8-10-18(11-9-16)12-14(3)4/h14-15H,6-13,17H2,1-5H3. The molecule has 0 aromatic carbocycles. The Morgan fingerprint density at radius 1 is 1.16 bits per heavy atom. The third-order valence-corrected chi connectivity index (χ3v) is 4.86. The quantitative estimate of drug-likeness (QED) is 0.771. The Morgan fingerprint density at radius 2 is 1.74 bits per heavy atom. The molecule has 0 aromatic rings. The molecule has 0 aliphatic carbocycles. The molecule has 1 fully saturated rings. The summed E-state index contributed by atoms with van der Waals surface area (Å²) in [5, 5.41) is 0. The second-order valence-electron chi connectivity index (χ2n) is 6.67. The number of nitrogens with two attached hydrogens (primary N) is 1. The van der Waals surface area contributed by atoms with Gasteiger partial charge in [-0.3, -0.25) is 4.90 Å². The summed E-state index contributed by atoms with van der Waals surface area (Å²) in [4.78, 5) is 5.28. The van der Waals surface area contributed by atoms with Gasteiger partial charge in [-0.15, -0.1) is 0 Å². The number of rotatable bonds is 7. The van der Waals surface area contributed by atoms with E-state index in [1.807, 2.05) is 0 Å². The van der Waals surface area contributed by atoms with E-state index in [1.165, 1.54) is 38.9 Å². The van der Waals surface area contributed by atoms with Crippen molar-refractivity contribution in [1.29, 1.82) is 0 Å². The maximum atomic E-state index is 6.19. The van der Waals surface area contributed by atoms with Gasteiger partial charge in [-0.1, -0.05) is 27.7 Å². The number of nitrogens with zero attached hydrogens (tertiary/aromatic N) is 2. The average Bonchev–Trinajstić information content (AvgIpc) is 2.40. The highest BCUT2D eigenvalue weighted by Crippen LogP contribution is 2.30. The Kier molecular flexibility index (Phi) is 6.78. The summed E-state index contributed by atoms with van der Waals surface area (Å²) in [5.41, 5.74) is 6.44. The minimum absolute atomic E-state index is 0.248. The van der Waals surface area contributed by atoms with Gasteiger partial charge < -0.3 is 10.6 Å². The van der Waals surface area contributed by atoms with Gasteiger partial charge in [0.1, 0.15) is 0 Å². The first-order chi connectivity index (χ1) is 8.99. The summed E-state index contributed by atoms with van der Waals surface area (Å²) in [5.74, 6) is 0.766. The molecule has 1 rings (SSSR count). The fraction of sp³-hybridized carbons (Fsp3) is 1.00. The molecular weight excluding hydrogens is 234 g/mol. The van der Waals surface area contributed by atoms with Gasteiger partial charge >= 0.3 is 0 Å². The van der Waals surface area contributed by atoms with Crippen molar-refractivity contribution in [3.05, 3.63) is 0 Å². The molecule has 3 nitrogen and oxygen atoms in total. The average molecular weight is 269 g/mol. The molecule has 0 aromatic heterocycles. The molecule has 3 heteroatoms. The lowest BCUT2D eigenvalue weighted by Crippen LogP contribution is -2.61. The molecule has 114 valence electrons. The van der Waals surface area contributed by atoms with E-state index in [2.05, 4.69) is 44.4 Å². The van der Waals surface area contributed by atoms with Crippen molar-refractivity contribution in [3.8, 4) is 0 Å². The monoisotopic (exact) mass is 269 g/mol. The van der Waals surface area contributed by atoms with E-state index in [1.54, 1.807) is 0 Å². The lowest BCUT2D eigenvalue weighted by molar-refractivity contribution is 0.00152. The van der Waals surface area contributed by atoms with E-state index in [0.29, 0.717) is 6.04 Å². The third-order valence-electron chi connectivity index (χ3n) is 4.86. The van der Waals surface area contributed by atoms with Gasteiger partial charge in [-0.25, -0.2) is 0 Å². The second-order valence-corrected chi connectivity index (χ2v) is 6.67. The van der Waals surface area contributed by atoms with Crippen LogP contribution >= 0.6 is 0 Å². The van der Waals surface area contributed by atoms with E-state index in [9.17, 15) is 0 Å². The Labute approximate surface area is 120 Å². The van der Waals surface area contributed by atoms with Crippen LogP contribution in [0.25, 0.3) is 0 Å². The maximum Gasteiger partial charge on any atom is 0.0358 e. The van der Waals surface area contributed by atoms with Gasteiger partial charge in [0.25, 0.3) is 0 Å². The van der Waals surface area contributed by atoms with Crippen LogP contribution in [-0.4, -0.2) is 54.1 Å². The topological polar surface area (TPSA) is 32.5 Å². The van der Waals surface area contributed by atoms with Gasteiger partial charge in [0.2, 0.25) is 0 Å². The highest BCUT2D eigenvalue weighted by molar-refractivity contribution is 4.97. The van der Waals surface area contributed by atoms with Crippen LogP contribution in [0.15, 0.2) is 0 Å². The summed E-state index contributed by atoms with van der Waals surface area (Å²) >= 11 is 0. The Bertz CT molecular complexity index is 244. The molecular formula is C16H35N3. The first-order valence-electron chi connectivity index (χ1n) is 8.18. The molecule has 1 aliphatic heterocycles. The van der Waals surface area contributed by atoms with E-state index in [0.717, 1.165) is 19.0 Å². The lowest BCUT2D eigenvalue weighted by Gasteiger charge is -2.50. The molecule has 0 spiro atoms. The highest BCUT2D eigenvalue weighted by atomic mass is 15.3.